The maximum atomic E-state index is 4.66. The Morgan fingerprint density at radius 2 is 1.88 bits per heavy atom. The molecule has 0 amide bonds. The van der Waals surface area contributed by atoms with E-state index in [9.17, 15) is 0 Å². The molecule has 0 unspecified atom stereocenters. The lowest BCUT2D eigenvalue weighted by molar-refractivity contribution is 0.402. The van der Waals surface area contributed by atoms with E-state index in [0.29, 0.717) is 0 Å². The first-order chi connectivity index (χ1) is 16.2. The number of hydrogen-bond acceptors (Lipinski definition) is 5. The van der Waals surface area contributed by atoms with Gasteiger partial charge in [0.15, 0.2) is 0 Å². The molecule has 7 heteroatoms. The zero-order chi connectivity index (χ0) is 22.4. The van der Waals surface area contributed by atoms with Crippen LogP contribution in [0.1, 0.15) is 5.56 Å². The first-order valence-electron chi connectivity index (χ1n) is 10.7. The molecule has 0 spiro atoms. The Morgan fingerprint density at radius 3 is 2.73 bits per heavy atom. The normalized spacial score (nSPS) is 11.7. The fourth-order valence-electron chi connectivity index (χ4n) is 4.31. The highest BCUT2D eigenvalue weighted by Crippen LogP contribution is 2.35. The first kappa shape index (κ1) is 19.8. The van der Waals surface area contributed by atoms with Gasteiger partial charge in [-0.25, -0.2) is 0 Å². The van der Waals surface area contributed by atoms with E-state index in [1.54, 1.807) is 11.3 Å². The van der Waals surface area contributed by atoms with E-state index in [-0.39, 0.29) is 0 Å². The number of thiophene rings is 1. The molecule has 6 rings (SSSR count). The van der Waals surface area contributed by atoms with Gasteiger partial charge in [-0.1, -0.05) is 12.1 Å². The molecular formula is C26H22N6S. The van der Waals surface area contributed by atoms with Crippen LogP contribution in [-0.4, -0.2) is 44.1 Å². The molecule has 0 saturated carbocycles. The van der Waals surface area contributed by atoms with E-state index < -0.39 is 0 Å². The maximum absolute atomic E-state index is 4.66. The summed E-state index contributed by atoms with van der Waals surface area (Å²) in [5, 5.41) is 14.3. The second kappa shape index (κ2) is 7.95. The number of pyridine rings is 2. The van der Waals surface area contributed by atoms with Crippen LogP contribution in [-0.2, 0) is 6.54 Å². The molecule has 0 aliphatic heterocycles. The van der Waals surface area contributed by atoms with Crippen molar-refractivity contribution in [3.8, 4) is 33.8 Å². The van der Waals surface area contributed by atoms with Gasteiger partial charge in [-0.2, -0.15) is 16.4 Å². The first-order valence-corrected chi connectivity index (χ1v) is 11.7. The Bertz CT molecular complexity index is 1580. The summed E-state index contributed by atoms with van der Waals surface area (Å²) in [5.41, 5.74) is 9.37. The van der Waals surface area contributed by atoms with Gasteiger partial charge in [0.05, 0.1) is 23.1 Å². The molecule has 1 aromatic carbocycles. The Morgan fingerprint density at radius 1 is 0.939 bits per heavy atom. The number of hydrogen-bond donors (Lipinski definition) is 2. The molecule has 0 saturated heterocycles. The maximum Gasteiger partial charge on any atom is 0.116 e. The summed E-state index contributed by atoms with van der Waals surface area (Å²) in [5.74, 6) is 0. The highest BCUT2D eigenvalue weighted by Gasteiger charge is 2.15. The minimum Gasteiger partial charge on any atom is -0.353 e. The molecule has 5 aromatic heterocycles. The van der Waals surface area contributed by atoms with Crippen molar-refractivity contribution in [1.29, 1.82) is 0 Å². The zero-order valence-electron chi connectivity index (χ0n) is 18.3. The number of H-pyrrole nitrogens is 2. The third-order valence-corrected chi connectivity index (χ3v) is 6.47. The summed E-state index contributed by atoms with van der Waals surface area (Å²) in [7, 11) is 4.11. The monoisotopic (exact) mass is 450 g/mol. The van der Waals surface area contributed by atoms with Gasteiger partial charge in [0.2, 0.25) is 0 Å². The Hall–Kier alpha value is -3.81. The van der Waals surface area contributed by atoms with Gasteiger partial charge >= 0.3 is 0 Å². The van der Waals surface area contributed by atoms with Crippen LogP contribution in [0.15, 0.2) is 71.8 Å². The topological polar surface area (TPSA) is 73.5 Å². The number of aromatic amines is 2. The van der Waals surface area contributed by atoms with Gasteiger partial charge in [-0.05, 0) is 71.9 Å². The fourth-order valence-corrected chi connectivity index (χ4v) is 4.97. The van der Waals surface area contributed by atoms with Gasteiger partial charge in [0, 0.05) is 40.8 Å². The molecule has 0 aliphatic rings. The van der Waals surface area contributed by atoms with E-state index in [4.69, 9.17) is 0 Å². The average Bonchev–Trinajstić information content (AvgIpc) is 3.57. The predicted octanol–water partition coefficient (Wildman–Crippen LogP) is 5.96. The summed E-state index contributed by atoms with van der Waals surface area (Å²) in [4.78, 5) is 14.8. The van der Waals surface area contributed by atoms with Crippen molar-refractivity contribution in [2.45, 2.75) is 6.54 Å². The molecule has 5 heterocycles. The lowest BCUT2D eigenvalue weighted by Crippen LogP contribution is -2.10. The Kier molecular flexibility index (Phi) is 4.78. The average molecular weight is 451 g/mol. The van der Waals surface area contributed by atoms with Crippen molar-refractivity contribution < 1.29 is 0 Å². The highest BCUT2D eigenvalue weighted by atomic mass is 32.1. The molecule has 6 nitrogen and oxygen atoms in total. The second-order valence-corrected chi connectivity index (χ2v) is 9.25. The number of fused-ring (bicyclic) bond motifs is 2. The Labute approximate surface area is 195 Å². The molecule has 162 valence electrons. The quantitative estimate of drug-likeness (QED) is 0.340. The van der Waals surface area contributed by atoms with Crippen LogP contribution in [0.5, 0.6) is 0 Å². The van der Waals surface area contributed by atoms with Crippen LogP contribution in [0.25, 0.3) is 55.6 Å². The predicted molar refractivity (Wildman–Crippen MR) is 135 cm³/mol. The highest BCUT2D eigenvalue weighted by molar-refractivity contribution is 7.08. The van der Waals surface area contributed by atoms with Crippen LogP contribution in [0.3, 0.4) is 0 Å². The smallest absolute Gasteiger partial charge is 0.116 e. The van der Waals surface area contributed by atoms with Crippen LogP contribution >= 0.6 is 11.3 Å². The van der Waals surface area contributed by atoms with E-state index >= 15 is 0 Å². The summed E-state index contributed by atoms with van der Waals surface area (Å²) in [6.45, 7) is 0.835. The van der Waals surface area contributed by atoms with Crippen molar-refractivity contribution in [2.75, 3.05) is 14.1 Å². The van der Waals surface area contributed by atoms with Crippen molar-refractivity contribution in [3.05, 3.63) is 77.4 Å². The summed E-state index contributed by atoms with van der Waals surface area (Å²) in [6.07, 6.45) is 5.61. The molecule has 0 bridgehead atoms. The van der Waals surface area contributed by atoms with Crippen LogP contribution in [0, 0.1) is 0 Å². The third-order valence-electron chi connectivity index (χ3n) is 5.79. The van der Waals surface area contributed by atoms with Gasteiger partial charge in [-0.15, -0.1) is 0 Å². The second-order valence-electron chi connectivity index (χ2n) is 8.47. The van der Waals surface area contributed by atoms with Crippen molar-refractivity contribution in [1.82, 2.24) is 30.0 Å². The molecule has 0 atom stereocenters. The summed E-state index contributed by atoms with van der Waals surface area (Å²) < 4.78 is 0. The SMILES string of the molecule is CN(C)Cc1cncc(-c2cc3c(-c4cc5c(-c6ccsc6)cccc5[nH]4)n[nH]c3cn2)c1. The molecule has 0 aliphatic carbocycles. The number of benzene rings is 1. The van der Waals surface area contributed by atoms with E-state index in [0.717, 1.165) is 51.2 Å². The van der Waals surface area contributed by atoms with Gasteiger partial charge in [0.1, 0.15) is 5.69 Å². The molecule has 33 heavy (non-hydrogen) atoms. The number of aromatic nitrogens is 5. The zero-order valence-corrected chi connectivity index (χ0v) is 19.1. The van der Waals surface area contributed by atoms with Crippen LogP contribution in [0.4, 0.5) is 0 Å². The fraction of sp³-hybridized carbons (Fsp3) is 0.115. The van der Waals surface area contributed by atoms with E-state index in [2.05, 4.69) is 97.4 Å². The molecule has 0 fully saturated rings. The van der Waals surface area contributed by atoms with Crippen molar-refractivity contribution in [2.24, 2.45) is 0 Å². The number of rotatable bonds is 5. The number of nitrogens with one attached hydrogen (secondary N) is 2. The van der Waals surface area contributed by atoms with Crippen molar-refractivity contribution >= 4 is 33.1 Å². The lowest BCUT2D eigenvalue weighted by atomic mass is 10.0. The Balaban J connectivity index is 1.45. The third kappa shape index (κ3) is 3.61. The van der Waals surface area contributed by atoms with Gasteiger partial charge < -0.3 is 9.88 Å². The molecule has 2 N–H and O–H groups in total. The van der Waals surface area contributed by atoms with Crippen molar-refractivity contribution in [3.63, 3.8) is 0 Å². The van der Waals surface area contributed by atoms with E-state index in [1.165, 1.54) is 16.5 Å². The number of nitrogens with zero attached hydrogens (tertiary/aromatic N) is 4. The molecule has 6 aromatic rings. The minimum absolute atomic E-state index is 0.835. The minimum atomic E-state index is 0.835. The molecule has 0 radical (unpaired) electrons. The summed E-state index contributed by atoms with van der Waals surface area (Å²) >= 11 is 1.71. The lowest BCUT2D eigenvalue weighted by Gasteiger charge is -2.10. The van der Waals surface area contributed by atoms with Gasteiger partial charge in [0.25, 0.3) is 0 Å². The van der Waals surface area contributed by atoms with E-state index in [1.807, 2.05) is 18.6 Å². The summed E-state index contributed by atoms with van der Waals surface area (Å²) in [6, 6.07) is 15.0. The standard InChI is InChI=1S/C26H22N6S/c1-32(2)14-16-8-18(12-27-11-16)23-10-21-25(13-28-23)30-31-26(21)24-9-20-19(17-6-7-33-15-17)4-3-5-22(20)29-24/h3-13,15,29H,14H2,1-2H3,(H,30,31). The van der Waals surface area contributed by atoms with Crippen LogP contribution in [0.2, 0.25) is 0 Å². The van der Waals surface area contributed by atoms with Gasteiger partial charge in [-0.3, -0.25) is 15.1 Å². The molecular weight excluding hydrogens is 428 g/mol. The van der Waals surface area contributed by atoms with Crippen LogP contribution < -0.4 is 0 Å². The largest absolute Gasteiger partial charge is 0.353 e.